The predicted octanol–water partition coefficient (Wildman–Crippen LogP) is 7.17. The summed E-state index contributed by atoms with van der Waals surface area (Å²) in [6.07, 6.45) is 1.55. The number of benzene rings is 2. The molecule has 2 aromatic heterocycles. The first-order valence-electron chi connectivity index (χ1n) is 7.32. The minimum absolute atomic E-state index is 0.580. The molecule has 4 aromatic rings. The first-order valence-corrected chi connectivity index (χ1v) is 9.75. The quantitative estimate of drug-likeness (QED) is 0.359. The second-order valence-electron chi connectivity index (χ2n) is 5.31. The van der Waals surface area contributed by atoms with E-state index in [0.29, 0.717) is 21.6 Å². The van der Waals surface area contributed by atoms with Gasteiger partial charge in [0, 0.05) is 20.4 Å². The highest BCUT2D eigenvalue weighted by Crippen LogP contribution is 2.38. The number of thiophene rings is 1. The maximum atomic E-state index is 6.28. The van der Waals surface area contributed by atoms with E-state index in [9.17, 15) is 0 Å². The van der Waals surface area contributed by atoms with E-state index in [-0.39, 0.29) is 0 Å². The van der Waals surface area contributed by atoms with Crippen LogP contribution in [0.3, 0.4) is 0 Å². The van der Waals surface area contributed by atoms with Crippen molar-refractivity contribution in [2.45, 2.75) is 0 Å². The minimum Gasteiger partial charge on any atom is -0.338 e. The van der Waals surface area contributed by atoms with Gasteiger partial charge in [-0.1, -0.05) is 51.3 Å². The van der Waals surface area contributed by atoms with Gasteiger partial charge in [-0.3, -0.25) is 0 Å². The smallest absolute Gasteiger partial charge is 0.143 e. The summed E-state index contributed by atoms with van der Waals surface area (Å²) in [5, 5.41) is 7.54. The van der Waals surface area contributed by atoms with Crippen LogP contribution in [-0.2, 0) is 0 Å². The molecule has 0 fully saturated rings. The van der Waals surface area contributed by atoms with Crippen molar-refractivity contribution < 1.29 is 0 Å². The van der Waals surface area contributed by atoms with Gasteiger partial charge in [-0.25, -0.2) is 9.97 Å². The standard InChI is InChI=1S/C18H10BrCl2N3S/c19-11-3-1-10(2-4-11)13-8-25-18-16(13)17(22-9-23-18)24-15-7-12(20)5-6-14(15)21/h1-9H,(H,22,23,24). The van der Waals surface area contributed by atoms with Crippen LogP contribution in [0.4, 0.5) is 11.5 Å². The third-order valence-electron chi connectivity index (χ3n) is 3.71. The van der Waals surface area contributed by atoms with E-state index >= 15 is 0 Å². The van der Waals surface area contributed by atoms with Crippen LogP contribution in [0.2, 0.25) is 10.0 Å². The Morgan fingerprint density at radius 1 is 1.00 bits per heavy atom. The van der Waals surface area contributed by atoms with Crippen molar-refractivity contribution in [3.05, 3.63) is 68.7 Å². The first-order chi connectivity index (χ1) is 12.1. The molecule has 0 saturated heterocycles. The Labute approximate surface area is 166 Å². The Hall–Kier alpha value is -1.66. The fraction of sp³-hybridized carbons (Fsp3) is 0. The average molecular weight is 451 g/mol. The molecule has 2 heterocycles. The molecular weight excluding hydrogens is 441 g/mol. The number of fused-ring (bicyclic) bond motifs is 1. The van der Waals surface area contributed by atoms with Gasteiger partial charge in [-0.05, 0) is 35.9 Å². The number of aromatic nitrogens is 2. The summed E-state index contributed by atoms with van der Waals surface area (Å²) in [6, 6.07) is 13.5. The van der Waals surface area contributed by atoms with Crippen LogP contribution in [0, 0.1) is 0 Å². The lowest BCUT2D eigenvalue weighted by molar-refractivity contribution is 1.23. The van der Waals surface area contributed by atoms with Crippen molar-refractivity contribution in [1.82, 2.24) is 9.97 Å². The Bertz CT molecular complexity index is 1060. The summed E-state index contributed by atoms with van der Waals surface area (Å²) in [5.74, 6) is 0.702. The summed E-state index contributed by atoms with van der Waals surface area (Å²) >= 11 is 17.4. The lowest BCUT2D eigenvalue weighted by atomic mass is 10.1. The molecule has 7 heteroatoms. The molecule has 0 aliphatic carbocycles. The monoisotopic (exact) mass is 449 g/mol. The van der Waals surface area contributed by atoms with E-state index in [1.165, 1.54) is 0 Å². The second-order valence-corrected chi connectivity index (χ2v) is 7.93. The van der Waals surface area contributed by atoms with Gasteiger partial charge in [0.05, 0.1) is 16.1 Å². The molecule has 25 heavy (non-hydrogen) atoms. The van der Waals surface area contributed by atoms with Crippen LogP contribution in [0.1, 0.15) is 0 Å². The van der Waals surface area contributed by atoms with Crippen LogP contribution in [0.5, 0.6) is 0 Å². The van der Waals surface area contributed by atoms with E-state index in [4.69, 9.17) is 23.2 Å². The zero-order valence-corrected chi connectivity index (χ0v) is 16.5. The van der Waals surface area contributed by atoms with Gasteiger partial charge in [0.15, 0.2) is 0 Å². The normalized spacial score (nSPS) is 11.0. The molecule has 0 radical (unpaired) electrons. The van der Waals surface area contributed by atoms with Crippen molar-refractivity contribution in [2.24, 2.45) is 0 Å². The van der Waals surface area contributed by atoms with E-state index in [1.807, 2.05) is 12.1 Å². The summed E-state index contributed by atoms with van der Waals surface area (Å²) in [4.78, 5) is 9.72. The van der Waals surface area contributed by atoms with E-state index in [0.717, 1.165) is 25.8 Å². The molecule has 0 amide bonds. The zero-order chi connectivity index (χ0) is 17.4. The first kappa shape index (κ1) is 16.8. The molecule has 1 N–H and O–H groups in total. The topological polar surface area (TPSA) is 37.8 Å². The molecule has 0 unspecified atom stereocenters. The number of halogens is 3. The minimum atomic E-state index is 0.580. The molecule has 4 rings (SSSR count). The highest BCUT2D eigenvalue weighted by atomic mass is 79.9. The summed E-state index contributed by atoms with van der Waals surface area (Å²) in [5.41, 5.74) is 2.89. The van der Waals surface area contributed by atoms with Crippen molar-refractivity contribution in [3.8, 4) is 11.1 Å². The Balaban J connectivity index is 1.85. The number of nitrogens with zero attached hydrogens (tertiary/aromatic N) is 2. The van der Waals surface area contributed by atoms with Crippen LogP contribution >= 0.6 is 50.5 Å². The molecule has 2 aromatic carbocycles. The highest BCUT2D eigenvalue weighted by molar-refractivity contribution is 9.10. The van der Waals surface area contributed by atoms with Crippen LogP contribution < -0.4 is 5.32 Å². The number of nitrogens with one attached hydrogen (secondary N) is 1. The maximum Gasteiger partial charge on any atom is 0.143 e. The molecule has 0 spiro atoms. The van der Waals surface area contributed by atoms with Gasteiger partial charge in [0.1, 0.15) is 17.0 Å². The lowest BCUT2D eigenvalue weighted by Crippen LogP contribution is -1.96. The number of hydrogen-bond donors (Lipinski definition) is 1. The Kier molecular flexibility index (Phi) is 4.65. The van der Waals surface area contributed by atoms with Gasteiger partial charge in [-0.2, -0.15) is 0 Å². The molecule has 3 nitrogen and oxygen atoms in total. The van der Waals surface area contributed by atoms with Crippen LogP contribution in [0.25, 0.3) is 21.3 Å². The highest BCUT2D eigenvalue weighted by Gasteiger charge is 2.14. The summed E-state index contributed by atoms with van der Waals surface area (Å²) in [6.45, 7) is 0. The summed E-state index contributed by atoms with van der Waals surface area (Å²) in [7, 11) is 0. The molecule has 0 aliphatic rings. The fourth-order valence-corrected chi connectivity index (χ4v) is 4.05. The van der Waals surface area contributed by atoms with E-state index in [2.05, 4.69) is 48.7 Å². The number of hydrogen-bond acceptors (Lipinski definition) is 4. The largest absolute Gasteiger partial charge is 0.338 e. The van der Waals surface area contributed by atoms with Crippen molar-refractivity contribution in [1.29, 1.82) is 0 Å². The van der Waals surface area contributed by atoms with Crippen molar-refractivity contribution in [3.63, 3.8) is 0 Å². The van der Waals surface area contributed by atoms with Gasteiger partial charge >= 0.3 is 0 Å². The van der Waals surface area contributed by atoms with E-state index in [1.54, 1.807) is 35.9 Å². The van der Waals surface area contributed by atoms with Crippen LogP contribution in [-0.4, -0.2) is 9.97 Å². The fourth-order valence-electron chi connectivity index (χ4n) is 2.53. The second kappa shape index (κ2) is 6.92. The molecule has 0 bridgehead atoms. The molecule has 124 valence electrons. The SMILES string of the molecule is Clc1ccc(Cl)c(Nc2ncnc3scc(-c4ccc(Br)cc4)c23)c1. The Morgan fingerprint density at radius 2 is 1.80 bits per heavy atom. The predicted molar refractivity (Wildman–Crippen MR) is 110 cm³/mol. The van der Waals surface area contributed by atoms with Gasteiger partial charge in [0.2, 0.25) is 0 Å². The Morgan fingerprint density at radius 3 is 2.60 bits per heavy atom. The molecular formula is C18H10BrCl2N3S. The third-order valence-corrected chi connectivity index (χ3v) is 5.69. The third kappa shape index (κ3) is 3.37. The number of anilines is 2. The molecule has 0 atom stereocenters. The average Bonchev–Trinajstić information content (AvgIpc) is 3.04. The van der Waals surface area contributed by atoms with E-state index < -0.39 is 0 Å². The molecule has 0 aliphatic heterocycles. The zero-order valence-electron chi connectivity index (χ0n) is 12.6. The summed E-state index contributed by atoms with van der Waals surface area (Å²) < 4.78 is 1.04. The number of rotatable bonds is 3. The lowest BCUT2D eigenvalue weighted by Gasteiger charge is -2.10. The van der Waals surface area contributed by atoms with Gasteiger partial charge in [-0.15, -0.1) is 11.3 Å². The molecule has 0 saturated carbocycles. The van der Waals surface area contributed by atoms with Gasteiger partial charge in [0.25, 0.3) is 0 Å². The van der Waals surface area contributed by atoms with Gasteiger partial charge < -0.3 is 5.32 Å². The van der Waals surface area contributed by atoms with Crippen molar-refractivity contribution >= 4 is 72.2 Å². The maximum absolute atomic E-state index is 6.28. The van der Waals surface area contributed by atoms with Crippen LogP contribution in [0.15, 0.2) is 58.6 Å². The van der Waals surface area contributed by atoms with Crippen molar-refractivity contribution in [2.75, 3.05) is 5.32 Å².